The lowest BCUT2D eigenvalue weighted by molar-refractivity contribution is -0.113. The van der Waals surface area contributed by atoms with E-state index in [0.717, 1.165) is 22.3 Å². The number of ketones is 1. The van der Waals surface area contributed by atoms with Crippen LogP contribution in [0, 0.1) is 25.2 Å². The molecule has 1 unspecified atom stereocenters. The summed E-state index contributed by atoms with van der Waals surface area (Å²) in [6, 6.07) is 12.9. The van der Waals surface area contributed by atoms with Crippen LogP contribution in [0.15, 0.2) is 60.2 Å². The summed E-state index contributed by atoms with van der Waals surface area (Å²) in [4.78, 5) is 12.5. The van der Waals surface area contributed by atoms with Gasteiger partial charge in [-0.15, -0.1) is 0 Å². The molecule has 0 aliphatic carbocycles. The lowest BCUT2D eigenvalue weighted by atomic mass is 9.78. The van der Waals surface area contributed by atoms with Crippen LogP contribution in [0.4, 0.5) is 0 Å². The van der Waals surface area contributed by atoms with Crippen molar-refractivity contribution in [2.75, 3.05) is 0 Å². The summed E-state index contributed by atoms with van der Waals surface area (Å²) < 4.78 is 0. The summed E-state index contributed by atoms with van der Waals surface area (Å²) in [5.74, 6) is -0.366. The Morgan fingerprint density at radius 3 is 2.38 bits per heavy atom. The minimum absolute atomic E-state index is 0.0722. The molecule has 3 nitrogen and oxygen atoms in total. The Morgan fingerprint density at radius 1 is 1.15 bits per heavy atom. The topological polar surface area (TPSA) is 61.1 Å². The van der Waals surface area contributed by atoms with Crippen molar-refractivity contribution < 1.29 is 9.90 Å². The van der Waals surface area contributed by atoms with E-state index in [1.807, 2.05) is 39.0 Å². The Labute approximate surface area is 154 Å². The monoisotopic (exact) mass is 345 g/mol. The number of nitrogens with zero attached hydrogens (tertiary/aromatic N) is 1. The smallest absolute Gasteiger partial charge is 0.157 e. The highest BCUT2D eigenvalue weighted by molar-refractivity contribution is 5.97. The molecule has 3 heteroatoms. The van der Waals surface area contributed by atoms with Crippen LogP contribution in [-0.4, -0.2) is 10.9 Å². The van der Waals surface area contributed by atoms with Crippen LogP contribution in [0.2, 0.25) is 0 Å². The number of hydrogen-bond donors (Lipinski definition) is 1. The summed E-state index contributed by atoms with van der Waals surface area (Å²) in [7, 11) is 0. The normalized spacial score (nSPS) is 12.7. The Balaban J connectivity index is 2.87. The summed E-state index contributed by atoms with van der Waals surface area (Å²) in [6.07, 6.45) is 1.66. The van der Waals surface area contributed by atoms with Crippen LogP contribution in [-0.2, 0) is 4.79 Å². The number of phenolic OH excluding ortho intramolecular Hbond substituents is 1. The Kier molecular flexibility index (Phi) is 5.79. The minimum atomic E-state index is -0.432. The van der Waals surface area contributed by atoms with E-state index >= 15 is 0 Å². The van der Waals surface area contributed by atoms with Crippen LogP contribution in [0.1, 0.15) is 47.6 Å². The molecule has 0 radical (unpaired) electrons. The van der Waals surface area contributed by atoms with Gasteiger partial charge in [-0.3, -0.25) is 4.79 Å². The first-order valence-electron chi connectivity index (χ1n) is 8.44. The quantitative estimate of drug-likeness (QED) is 0.605. The van der Waals surface area contributed by atoms with Crippen molar-refractivity contribution in [2.45, 2.75) is 33.6 Å². The van der Waals surface area contributed by atoms with Crippen LogP contribution in [0.3, 0.4) is 0 Å². The maximum Gasteiger partial charge on any atom is 0.157 e. The van der Waals surface area contributed by atoms with Crippen molar-refractivity contribution in [2.24, 2.45) is 0 Å². The molecule has 0 bridgehead atoms. The molecule has 0 saturated carbocycles. The molecule has 0 aromatic heterocycles. The van der Waals surface area contributed by atoms with Crippen LogP contribution in [0.5, 0.6) is 5.75 Å². The van der Waals surface area contributed by atoms with Crippen molar-refractivity contribution in [3.63, 3.8) is 0 Å². The first-order chi connectivity index (χ1) is 12.3. The molecular weight excluding hydrogens is 322 g/mol. The number of allylic oxidation sites excluding steroid dienone is 3. The molecule has 0 heterocycles. The molecule has 1 N–H and O–H groups in total. The summed E-state index contributed by atoms with van der Waals surface area (Å²) >= 11 is 0. The van der Waals surface area contributed by atoms with E-state index < -0.39 is 5.92 Å². The fourth-order valence-electron chi connectivity index (χ4n) is 3.27. The largest absolute Gasteiger partial charge is 0.508 e. The number of rotatable bonds is 5. The second kappa shape index (κ2) is 7.84. The number of aryl methyl sites for hydroxylation is 2. The van der Waals surface area contributed by atoms with Gasteiger partial charge in [-0.2, -0.15) is 5.26 Å². The van der Waals surface area contributed by atoms with Crippen molar-refractivity contribution in [1.82, 2.24) is 0 Å². The predicted molar refractivity (Wildman–Crippen MR) is 104 cm³/mol. The van der Waals surface area contributed by atoms with Gasteiger partial charge < -0.3 is 5.11 Å². The number of hydrogen-bond acceptors (Lipinski definition) is 3. The number of nitriles is 1. The van der Waals surface area contributed by atoms with E-state index in [1.165, 1.54) is 6.92 Å². The van der Waals surface area contributed by atoms with E-state index in [-0.39, 0.29) is 11.5 Å². The fourth-order valence-corrected chi connectivity index (χ4v) is 3.27. The number of carbonyl (C=O) groups excluding carboxylic acids is 1. The molecule has 0 spiro atoms. The highest BCUT2D eigenvalue weighted by atomic mass is 16.3. The molecule has 0 amide bonds. The van der Waals surface area contributed by atoms with E-state index in [9.17, 15) is 9.90 Å². The lowest BCUT2D eigenvalue weighted by Crippen LogP contribution is -2.14. The summed E-state index contributed by atoms with van der Waals surface area (Å²) in [5.41, 5.74) is 5.37. The van der Waals surface area contributed by atoms with E-state index in [2.05, 4.69) is 12.6 Å². The van der Waals surface area contributed by atoms with Gasteiger partial charge in [0.1, 0.15) is 5.75 Å². The molecule has 132 valence electrons. The summed E-state index contributed by atoms with van der Waals surface area (Å²) in [6.45, 7) is 11.0. The maximum absolute atomic E-state index is 12.5. The molecule has 0 aliphatic rings. The maximum atomic E-state index is 12.5. The van der Waals surface area contributed by atoms with E-state index in [4.69, 9.17) is 5.26 Å². The zero-order chi connectivity index (χ0) is 19.4. The number of Topliss-reactive ketones (excluding diaryl/α,β-unsaturated/α-hetero) is 1. The zero-order valence-corrected chi connectivity index (χ0v) is 15.6. The van der Waals surface area contributed by atoms with Crippen molar-refractivity contribution in [3.8, 4) is 11.8 Å². The first-order valence-corrected chi connectivity index (χ1v) is 8.44. The molecule has 2 aromatic carbocycles. The molecule has 0 fully saturated rings. The predicted octanol–water partition coefficient (Wildman–Crippen LogP) is 5.10. The third-order valence-corrected chi connectivity index (χ3v) is 4.60. The van der Waals surface area contributed by atoms with Gasteiger partial charge in [-0.05, 0) is 62.6 Å². The average Bonchev–Trinajstić information content (AvgIpc) is 2.61. The van der Waals surface area contributed by atoms with E-state index in [0.29, 0.717) is 16.7 Å². The lowest BCUT2D eigenvalue weighted by Gasteiger charge is -2.24. The number of phenols is 1. The third-order valence-electron chi connectivity index (χ3n) is 4.60. The standard InChI is InChI=1S/C23H23NO2/c1-6-15(3)22(17(5)25)23(20-11-14(2)7-10-21(20)26)19-9-8-18(13-24)12-16(19)4/h6-12,23,26H,1H2,2-5H3/b22-15-. The highest BCUT2D eigenvalue weighted by Crippen LogP contribution is 2.40. The van der Waals surface area contributed by atoms with Crippen molar-refractivity contribution in [3.05, 3.63) is 88.0 Å². The van der Waals surface area contributed by atoms with E-state index in [1.54, 1.807) is 24.3 Å². The van der Waals surface area contributed by atoms with Crippen LogP contribution in [0.25, 0.3) is 0 Å². The van der Waals surface area contributed by atoms with Gasteiger partial charge >= 0.3 is 0 Å². The fraction of sp³-hybridized carbons (Fsp3) is 0.217. The minimum Gasteiger partial charge on any atom is -0.508 e. The number of aromatic hydroxyl groups is 1. The average molecular weight is 345 g/mol. The van der Waals surface area contributed by atoms with Gasteiger partial charge in [0.25, 0.3) is 0 Å². The SMILES string of the molecule is C=C/C(C)=C(/C(C)=O)C(c1ccc(C#N)cc1C)c1cc(C)ccc1O. The Hall–Kier alpha value is -3.12. The molecule has 2 aromatic rings. The molecule has 0 saturated heterocycles. The first kappa shape index (κ1) is 19.2. The third kappa shape index (κ3) is 3.75. The molecule has 2 rings (SSSR count). The van der Waals surface area contributed by atoms with Gasteiger partial charge in [-0.25, -0.2) is 0 Å². The number of benzene rings is 2. The van der Waals surface area contributed by atoms with Gasteiger partial charge in [0, 0.05) is 17.1 Å². The molecule has 1 atom stereocenters. The zero-order valence-electron chi connectivity index (χ0n) is 15.6. The Morgan fingerprint density at radius 2 is 1.85 bits per heavy atom. The van der Waals surface area contributed by atoms with Crippen molar-refractivity contribution in [1.29, 1.82) is 5.26 Å². The second-order valence-electron chi connectivity index (χ2n) is 6.54. The molecule has 0 aliphatic heterocycles. The van der Waals surface area contributed by atoms with Crippen molar-refractivity contribution >= 4 is 5.78 Å². The van der Waals surface area contributed by atoms with Gasteiger partial charge in [0.05, 0.1) is 11.6 Å². The summed E-state index contributed by atoms with van der Waals surface area (Å²) in [5, 5.41) is 19.7. The van der Waals surface area contributed by atoms with Crippen LogP contribution < -0.4 is 0 Å². The van der Waals surface area contributed by atoms with Gasteiger partial charge in [0.15, 0.2) is 5.78 Å². The highest BCUT2D eigenvalue weighted by Gasteiger charge is 2.27. The molecule has 26 heavy (non-hydrogen) atoms. The molecular formula is C23H23NO2. The Bertz CT molecular complexity index is 945. The second-order valence-corrected chi connectivity index (χ2v) is 6.54. The van der Waals surface area contributed by atoms with Crippen LogP contribution >= 0.6 is 0 Å². The van der Waals surface area contributed by atoms with Gasteiger partial charge in [-0.1, -0.05) is 36.4 Å². The number of carbonyl (C=O) groups is 1. The van der Waals surface area contributed by atoms with Gasteiger partial charge in [0.2, 0.25) is 0 Å².